The number of carbonyl (C=O) groups excluding carboxylic acids is 1. The van der Waals surface area contributed by atoms with E-state index in [1.807, 2.05) is 0 Å². The molecule has 11 nitrogen and oxygen atoms in total. The number of benzene rings is 1. The van der Waals surface area contributed by atoms with Crippen molar-refractivity contribution < 1.29 is 27.2 Å². The minimum absolute atomic E-state index is 0.0212. The number of nitrogens with zero attached hydrogens (tertiary/aromatic N) is 7. The largest absolute Gasteiger partial charge is 0.493 e. The molecule has 0 saturated carbocycles. The van der Waals surface area contributed by atoms with Gasteiger partial charge < -0.3 is 10.6 Å². The summed E-state index contributed by atoms with van der Waals surface area (Å²) in [5, 5.41) is 14.0. The van der Waals surface area contributed by atoms with Crippen molar-refractivity contribution in [3.8, 4) is 0 Å². The SMILES string of the molecule is Nc1nnnn1Cc1snnc1C(=Nc1ccc(F)c(Cl)c1)NOC(=O)C(F)(F)F. The van der Waals surface area contributed by atoms with E-state index in [9.17, 15) is 22.4 Å². The second-order valence-electron chi connectivity index (χ2n) is 5.29. The highest BCUT2D eigenvalue weighted by molar-refractivity contribution is 7.05. The molecule has 1 aromatic carbocycles. The van der Waals surface area contributed by atoms with Gasteiger partial charge in [-0.05, 0) is 40.2 Å². The number of anilines is 1. The maximum atomic E-state index is 13.4. The topological polar surface area (TPSA) is 146 Å². The zero-order chi connectivity index (χ0) is 21.9. The number of hydrogen-bond donors (Lipinski definition) is 2. The van der Waals surface area contributed by atoms with Crippen molar-refractivity contribution in [1.82, 2.24) is 35.3 Å². The van der Waals surface area contributed by atoms with E-state index in [1.54, 1.807) is 5.48 Å². The molecule has 158 valence electrons. The summed E-state index contributed by atoms with van der Waals surface area (Å²) in [5.41, 5.74) is 7.31. The number of hydroxylamine groups is 1. The van der Waals surface area contributed by atoms with Gasteiger partial charge in [-0.25, -0.2) is 18.9 Å². The summed E-state index contributed by atoms with van der Waals surface area (Å²) in [6.45, 7) is -0.0656. The number of aromatic nitrogens is 6. The third-order valence-corrected chi connectivity index (χ3v) is 4.24. The van der Waals surface area contributed by atoms with Crippen LogP contribution >= 0.6 is 23.1 Å². The molecule has 0 bridgehead atoms. The van der Waals surface area contributed by atoms with Gasteiger partial charge in [-0.3, -0.25) is 0 Å². The first-order valence-corrected chi connectivity index (χ1v) is 8.71. The number of halogens is 5. The van der Waals surface area contributed by atoms with Gasteiger partial charge in [0.15, 0.2) is 5.84 Å². The normalized spacial score (nSPS) is 12.1. The van der Waals surface area contributed by atoms with E-state index in [1.165, 1.54) is 6.07 Å². The maximum Gasteiger partial charge on any atom is 0.493 e. The van der Waals surface area contributed by atoms with Gasteiger partial charge in [-0.1, -0.05) is 21.2 Å². The Morgan fingerprint density at radius 2 is 2.13 bits per heavy atom. The summed E-state index contributed by atoms with van der Waals surface area (Å²) in [4.78, 5) is 19.4. The van der Waals surface area contributed by atoms with Gasteiger partial charge in [0.05, 0.1) is 22.1 Å². The molecule has 0 aliphatic carbocycles. The van der Waals surface area contributed by atoms with Crippen LogP contribution in [-0.2, 0) is 16.2 Å². The second-order valence-corrected chi connectivity index (χ2v) is 6.53. The highest BCUT2D eigenvalue weighted by Gasteiger charge is 2.42. The van der Waals surface area contributed by atoms with Gasteiger partial charge in [-0.15, -0.1) is 5.10 Å². The maximum absolute atomic E-state index is 13.4. The number of carbonyl (C=O) groups is 1. The number of aliphatic imine (C=N–C) groups is 1. The predicted octanol–water partition coefficient (Wildman–Crippen LogP) is 1.64. The molecule has 0 amide bonds. The van der Waals surface area contributed by atoms with Crippen LogP contribution < -0.4 is 11.2 Å². The van der Waals surface area contributed by atoms with E-state index in [4.69, 9.17) is 17.3 Å². The summed E-state index contributed by atoms with van der Waals surface area (Å²) in [7, 11) is 0. The zero-order valence-corrected chi connectivity index (χ0v) is 15.8. The molecule has 2 heterocycles. The fourth-order valence-electron chi connectivity index (χ4n) is 1.91. The number of tetrazole rings is 1. The number of alkyl halides is 3. The van der Waals surface area contributed by atoms with Gasteiger partial charge in [-0.2, -0.15) is 18.7 Å². The van der Waals surface area contributed by atoms with Crippen LogP contribution in [0.3, 0.4) is 0 Å². The molecule has 17 heteroatoms. The Hall–Kier alpha value is -3.40. The molecule has 0 radical (unpaired) electrons. The predicted molar refractivity (Wildman–Crippen MR) is 94.1 cm³/mol. The second kappa shape index (κ2) is 8.54. The molecule has 3 N–H and O–H groups in total. The molecule has 3 rings (SSSR count). The van der Waals surface area contributed by atoms with Crippen LogP contribution in [0.25, 0.3) is 0 Å². The quantitative estimate of drug-likeness (QED) is 0.254. The molecule has 30 heavy (non-hydrogen) atoms. The molecule has 2 aromatic heterocycles. The monoisotopic (exact) mass is 465 g/mol. The van der Waals surface area contributed by atoms with E-state index in [0.29, 0.717) is 4.88 Å². The minimum atomic E-state index is -5.26. The number of hydrogen-bond acceptors (Lipinski definition) is 10. The van der Waals surface area contributed by atoms with Crippen LogP contribution in [0.15, 0.2) is 23.2 Å². The standard InChI is InChI=1S/C13H8ClF4N9O2S/c14-6-3-5(1-2-7(6)15)20-10(23-29-11(28)13(16,17)18)9-8(30-26-21-9)4-27-12(19)22-24-25-27/h1-3H,4H2,(H,20,23)(H2,19,22,25). The summed E-state index contributed by atoms with van der Waals surface area (Å²) < 4.78 is 55.6. The van der Waals surface area contributed by atoms with Crippen molar-refractivity contribution in [2.24, 2.45) is 4.99 Å². The Balaban J connectivity index is 1.96. The Morgan fingerprint density at radius 1 is 1.37 bits per heavy atom. The number of rotatable bonds is 4. The lowest BCUT2D eigenvalue weighted by Gasteiger charge is -2.11. The lowest BCUT2D eigenvalue weighted by molar-refractivity contribution is -0.203. The Labute approximate surface area is 172 Å². The van der Waals surface area contributed by atoms with Crippen LogP contribution in [0.5, 0.6) is 0 Å². The smallest absolute Gasteiger partial charge is 0.367 e. The Morgan fingerprint density at radius 3 is 2.77 bits per heavy atom. The zero-order valence-electron chi connectivity index (χ0n) is 14.3. The van der Waals surface area contributed by atoms with E-state index < -0.39 is 23.8 Å². The van der Waals surface area contributed by atoms with Gasteiger partial charge in [0, 0.05) is 0 Å². The van der Waals surface area contributed by atoms with E-state index >= 15 is 0 Å². The summed E-state index contributed by atoms with van der Waals surface area (Å²) in [6, 6.07) is 3.28. The van der Waals surface area contributed by atoms with Crippen molar-refractivity contribution >= 4 is 46.6 Å². The summed E-state index contributed by atoms with van der Waals surface area (Å²) >= 11 is 6.53. The van der Waals surface area contributed by atoms with Crippen LogP contribution in [0.4, 0.5) is 29.2 Å². The van der Waals surface area contributed by atoms with Gasteiger partial charge >= 0.3 is 12.1 Å². The Kier molecular flexibility index (Phi) is 6.06. The molecule has 0 saturated heterocycles. The fourth-order valence-corrected chi connectivity index (χ4v) is 2.71. The molecule has 0 fully saturated rings. The first-order valence-electron chi connectivity index (χ1n) is 7.56. The van der Waals surface area contributed by atoms with Gasteiger partial charge in [0.25, 0.3) is 0 Å². The molecule has 0 aliphatic rings. The number of nitrogens with one attached hydrogen (secondary N) is 1. The third-order valence-electron chi connectivity index (χ3n) is 3.25. The molecular formula is C13H8ClF4N9O2S. The van der Waals surface area contributed by atoms with Crippen LogP contribution in [0, 0.1) is 5.82 Å². The van der Waals surface area contributed by atoms with E-state index in [-0.39, 0.29) is 28.9 Å². The molecule has 0 spiro atoms. The Bertz CT molecular complexity index is 1100. The molecule has 0 aliphatic heterocycles. The molecular weight excluding hydrogens is 458 g/mol. The highest BCUT2D eigenvalue weighted by Crippen LogP contribution is 2.23. The van der Waals surface area contributed by atoms with Crippen molar-refractivity contribution in [3.63, 3.8) is 0 Å². The lowest BCUT2D eigenvalue weighted by Crippen LogP contribution is -2.35. The molecule has 0 unspecified atom stereocenters. The van der Waals surface area contributed by atoms with Gasteiger partial charge in [0.2, 0.25) is 5.95 Å². The average Bonchev–Trinajstić information content (AvgIpc) is 3.30. The number of nitrogens with two attached hydrogens (primary N) is 1. The molecule has 3 aromatic rings. The van der Waals surface area contributed by atoms with Crippen LogP contribution in [0.2, 0.25) is 5.02 Å². The summed E-state index contributed by atoms with van der Waals surface area (Å²) in [5.74, 6) is -3.75. The highest BCUT2D eigenvalue weighted by atomic mass is 35.5. The number of nitrogen functional groups attached to an aromatic ring is 1. The van der Waals surface area contributed by atoms with Crippen LogP contribution in [0.1, 0.15) is 10.6 Å². The first kappa shape index (κ1) is 21.3. The minimum Gasteiger partial charge on any atom is -0.367 e. The van der Waals surface area contributed by atoms with Gasteiger partial charge in [0.1, 0.15) is 11.5 Å². The number of amidine groups is 1. The lowest BCUT2D eigenvalue weighted by atomic mass is 10.3. The average molecular weight is 466 g/mol. The molecule has 0 atom stereocenters. The van der Waals surface area contributed by atoms with E-state index in [0.717, 1.165) is 28.3 Å². The van der Waals surface area contributed by atoms with Crippen LogP contribution in [-0.4, -0.2) is 47.8 Å². The fraction of sp³-hybridized carbons (Fsp3) is 0.154. The van der Waals surface area contributed by atoms with Crippen molar-refractivity contribution in [1.29, 1.82) is 0 Å². The van der Waals surface area contributed by atoms with Crippen molar-refractivity contribution in [3.05, 3.63) is 39.6 Å². The first-order chi connectivity index (χ1) is 14.1. The van der Waals surface area contributed by atoms with Crippen molar-refractivity contribution in [2.75, 3.05) is 5.73 Å². The third kappa shape index (κ3) is 4.95. The summed E-state index contributed by atoms with van der Waals surface area (Å²) in [6.07, 6.45) is -5.26. The van der Waals surface area contributed by atoms with Crippen molar-refractivity contribution in [2.45, 2.75) is 12.7 Å². The van der Waals surface area contributed by atoms with E-state index in [2.05, 4.69) is 34.9 Å².